The number of anilines is 1. The van der Waals surface area contributed by atoms with Gasteiger partial charge in [0, 0.05) is 6.54 Å². The van der Waals surface area contributed by atoms with E-state index in [2.05, 4.69) is 15.3 Å². The molecule has 5 heteroatoms. The van der Waals surface area contributed by atoms with Crippen molar-refractivity contribution in [2.45, 2.75) is 13.2 Å². The SMILES string of the molecule is OCc1ccc(CNc2ncc(F)cn2)cc1. The maximum Gasteiger partial charge on any atom is 0.223 e. The summed E-state index contributed by atoms with van der Waals surface area (Å²) in [5, 5.41) is 11.9. The fourth-order valence-corrected chi connectivity index (χ4v) is 1.35. The maximum atomic E-state index is 12.6. The first kappa shape index (κ1) is 11.5. The molecule has 0 aliphatic carbocycles. The average Bonchev–Trinajstić information content (AvgIpc) is 2.39. The molecule has 17 heavy (non-hydrogen) atoms. The second-order valence-electron chi connectivity index (χ2n) is 3.55. The Bertz CT molecular complexity index is 470. The van der Waals surface area contributed by atoms with Gasteiger partial charge in [-0.25, -0.2) is 14.4 Å². The van der Waals surface area contributed by atoms with Gasteiger partial charge in [-0.15, -0.1) is 0 Å². The van der Waals surface area contributed by atoms with Crippen LogP contribution in [0.2, 0.25) is 0 Å². The standard InChI is InChI=1S/C12H12FN3O/c13-11-6-15-12(16-7-11)14-5-9-1-3-10(8-17)4-2-9/h1-4,6-7,17H,5,8H2,(H,14,15,16). The molecule has 0 amide bonds. The quantitative estimate of drug-likeness (QED) is 0.844. The highest BCUT2D eigenvalue weighted by molar-refractivity contribution is 5.28. The van der Waals surface area contributed by atoms with Gasteiger partial charge in [-0.05, 0) is 11.1 Å². The summed E-state index contributed by atoms with van der Waals surface area (Å²) < 4.78 is 12.6. The van der Waals surface area contributed by atoms with Gasteiger partial charge < -0.3 is 10.4 Å². The topological polar surface area (TPSA) is 58.0 Å². The minimum atomic E-state index is -0.456. The summed E-state index contributed by atoms with van der Waals surface area (Å²) in [5.74, 6) is -0.0690. The summed E-state index contributed by atoms with van der Waals surface area (Å²) in [7, 11) is 0. The van der Waals surface area contributed by atoms with Crippen LogP contribution in [0.3, 0.4) is 0 Å². The number of benzene rings is 1. The first-order valence-electron chi connectivity index (χ1n) is 5.18. The lowest BCUT2D eigenvalue weighted by molar-refractivity contribution is 0.282. The van der Waals surface area contributed by atoms with Gasteiger partial charge in [0.1, 0.15) is 0 Å². The Morgan fingerprint density at radius 2 is 1.65 bits per heavy atom. The van der Waals surface area contributed by atoms with Crippen LogP contribution in [0.5, 0.6) is 0 Å². The van der Waals surface area contributed by atoms with Gasteiger partial charge in [-0.3, -0.25) is 0 Å². The van der Waals surface area contributed by atoms with Gasteiger partial charge >= 0.3 is 0 Å². The van der Waals surface area contributed by atoms with Crippen LogP contribution in [0.25, 0.3) is 0 Å². The Morgan fingerprint density at radius 3 is 2.24 bits per heavy atom. The highest BCUT2D eigenvalue weighted by Crippen LogP contribution is 2.06. The second-order valence-corrected chi connectivity index (χ2v) is 3.55. The van der Waals surface area contributed by atoms with E-state index in [1.54, 1.807) is 0 Å². The molecule has 0 aliphatic heterocycles. The predicted octanol–water partition coefficient (Wildman–Crippen LogP) is 1.72. The van der Waals surface area contributed by atoms with E-state index in [0.717, 1.165) is 23.5 Å². The van der Waals surface area contributed by atoms with E-state index in [1.807, 2.05) is 24.3 Å². The number of rotatable bonds is 4. The smallest absolute Gasteiger partial charge is 0.223 e. The van der Waals surface area contributed by atoms with E-state index in [-0.39, 0.29) is 6.61 Å². The van der Waals surface area contributed by atoms with Crippen molar-refractivity contribution in [3.63, 3.8) is 0 Å². The molecule has 1 heterocycles. The van der Waals surface area contributed by atoms with E-state index in [9.17, 15) is 4.39 Å². The molecule has 88 valence electrons. The third-order valence-corrected chi connectivity index (χ3v) is 2.28. The Kier molecular flexibility index (Phi) is 3.62. The van der Waals surface area contributed by atoms with Crippen molar-refractivity contribution >= 4 is 5.95 Å². The fourth-order valence-electron chi connectivity index (χ4n) is 1.35. The van der Waals surface area contributed by atoms with E-state index >= 15 is 0 Å². The van der Waals surface area contributed by atoms with Crippen molar-refractivity contribution in [3.8, 4) is 0 Å². The first-order valence-corrected chi connectivity index (χ1v) is 5.18. The molecule has 0 radical (unpaired) electrons. The van der Waals surface area contributed by atoms with Gasteiger partial charge in [-0.2, -0.15) is 0 Å². The maximum absolute atomic E-state index is 12.6. The highest BCUT2D eigenvalue weighted by atomic mass is 19.1. The number of aromatic nitrogens is 2. The van der Waals surface area contributed by atoms with Gasteiger partial charge in [0.05, 0.1) is 19.0 Å². The van der Waals surface area contributed by atoms with E-state index in [4.69, 9.17) is 5.11 Å². The van der Waals surface area contributed by atoms with E-state index in [1.165, 1.54) is 0 Å². The van der Waals surface area contributed by atoms with Crippen LogP contribution >= 0.6 is 0 Å². The summed E-state index contributed by atoms with van der Waals surface area (Å²) in [6, 6.07) is 7.51. The summed E-state index contributed by atoms with van der Waals surface area (Å²) in [6.45, 7) is 0.589. The van der Waals surface area contributed by atoms with Crippen LogP contribution < -0.4 is 5.32 Å². The minimum Gasteiger partial charge on any atom is -0.392 e. The number of aliphatic hydroxyl groups is 1. The second kappa shape index (κ2) is 5.36. The molecule has 2 aromatic rings. The molecular weight excluding hydrogens is 221 g/mol. The Morgan fingerprint density at radius 1 is 1.06 bits per heavy atom. The molecule has 0 saturated heterocycles. The summed E-state index contributed by atoms with van der Waals surface area (Å²) in [5.41, 5.74) is 1.90. The fraction of sp³-hybridized carbons (Fsp3) is 0.167. The zero-order valence-electron chi connectivity index (χ0n) is 9.10. The van der Waals surface area contributed by atoms with Crippen molar-refractivity contribution < 1.29 is 9.50 Å². The molecule has 0 atom stereocenters. The first-order chi connectivity index (χ1) is 8.28. The highest BCUT2D eigenvalue weighted by Gasteiger charge is 1.97. The number of hydrogen-bond donors (Lipinski definition) is 2. The molecule has 0 spiro atoms. The van der Waals surface area contributed by atoms with Gasteiger partial charge in [0.25, 0.3) is 0 Å². The lowest BCUT2D eigenvalue weighted by Crippen LogP contribution is -2.03. The van der Waals surface area contributed by atoms with Gasteiger partial charge in [-0.1, -0.05) is 24.3 Å². The molecule has 2 rings (SSSR count). The van der Waals surface area contributed by atoms with Crippen LogP contribution in [0.1, 0.15) is 11.1 Å². The summed E-state index contributed by atoms with van der Waals surface area (Å²) >= 11 is 0. The number of nitrogens with one attached hydrogen (secondary N) is 1. The molecule has 0 saturated carbocycles. The largest absolute Gasteiger partial charge is 0.392 e. The Hall–Kier alpha value is -2.01. The third-order valence-electron chi connectivity index (χ3n) is 2.28. The Labute approximate surface area is 98.2 Å². The van der Waals surface area contributed by atoms with E-state index < -0.39 is 5.82 Å². The van der Waals surface area contributed by atoms with Gasteiger partial charge in [0.15, 0.2) is 5.82 Å². The monoisotopic (exact) mass is 233 g/mol. The van der Waals surface area contributed by atoms with Crippen molar-refractivity contribution in [2.24, 2.45) is 0 Å². The van der Waals surface area contributed by atoms with Crippen LogP contribution in [-0.2, 0) is 13.2 Å². The molecule has 4 nitrogen and oxygen atoms in total. The molecule has 1 aromatic heterocycles. The average molecular weight is 233 g/mol. The van der Waals surface area contributed by atoms with Crippen molar-refractivity contribution in [2.75, 3.05) is 5.32 Å². The summed E-state index contributed by atoms with van der Waals surface area (Å²) in [6.07, 6.45) is 2.23. The molecule has 0 unspecified atom stereocenters. The lowest BCUT2D eigenvalue weighted by atomic mass is 10.1. The minimum absolute atomic E-state index is 0.0365. The lowest BCUT2D eigenvalue weighted by Gasteiger charge is -2.05. The number of nitrogens with zero attached hydrogens (tertiary/aromatic N) is 2. The van der Waals surface area contributed by atoms with Crippen LogP contribution in [0, 0.1) is 5.82 Å². The van der Waals surface area contributed by atoms with E-state index in [0.29, 0.717) is 12.5 Å². The van der Waals surface area contributed by atoms with Crippen LogP contribution in [-0.4, -0.2) is 15.1 Å². The normalized spacial score (nSPS) is 10.2. The molecule has 2 N–H and O–H groups in total. The molecule has 0 bridgehead atoms. The number of aliphatic hydroxyl groups excluding tert-OH is 1. The Balaban J connectivity index is 1.95. The number of halogens is 1. The molecule has 0 fully saturated rings. The van der Waals surface area contributed by atoms with Crippen molar-refractivity contribution in [1.29, 1.82) is 0 Å². The third kappa shape index (κ3) is 3.22. The van der Waals surface area contributed by atoms with Crippen LogP contribution in [0.15, 0.2) is 36.7 Å². The zero-order valence-corrected chi connectivity index (χ0v) is 9.10. The number of hydrogen-bond acceptors (Lipinski definition) is 4. The zero-order chi connectivity index (χ0) is 12.1. The molecule has 0 aliphatic rings. The van der Waals surface area contributed by atoms with Crippen LogP contribution in [0.4, 0.5) is 10.3 Å². The summed E-state index contributed by atoms with van der Waals surface area (Å²) in [4.78, 5) is 7.58. The van der Waals surface area contributed by atoms with Crippen molar-refractivity contribution in [1.82, 2.24) is 9.97 Å². The molecule has 1 aromatic carbocycles. The van der Waals surface area contributed by atoms with Gasteiger partial charge in [0.2, 0.25) is 5.95 Å². The predicted molar refractivity (Wildman–Crippen MR) is 61.7 cm³/mol. The molecular formula is C12H12FN3O. The van der Waals surface area contributed by atoms with Crippen molar-refractivity contribution in [3.05, 3.63) is 53.6 Å².